The molecule has 0 bridgehead atoms. The minimum atomic E-state index is -3.62. The van der Waals surface area contributed by atoms with E-state index in [1.165, 1.54) is 16.8 Å². The van der Waals surface area contributed by atoms with Crippen LogP contribution >= 0.6 is 0 Å². The third-order valence-corrected chi connectivity index (χ3v) is 7.36. The molecule has 1 amide bonds. The summed E-state index contributed by atoms with van der Waals surface area (Å²) in [4.78, 5) is 14.6. The molecule has 6 heteroatoms. The van der Waals surface area contributed by atoms with Crippen LogP contribution in [0.5, 0.6) is 0 Å². The van der Waals surface area contributed by atoms with E-state index < -0.39 is 10.0 Å². The normalized spacial score (nSPS) is 15.5. The average molecular weight is 401 g/mol. The van der Waals surface area contributed by atoms with E-state index in [9.17, 15) is 13.2 Å². The topological polar surface area (TPSA) is 57.7 Å². The lowest BCUT2D eigenvalue weighted by Crippen LogP contribution is -2.38. The molecule has 0 N–H and O–H groups in total. The van der Waals surface area contributed by atoms with Crippen molar-refractivity contribution in [3.05, 3.63) is 65.7 Å². The number of benzene rings is 2. The summed E-state index contributed by atoms with van der Waals surface area (Å²) in [6, 6.07) is 16.1. The van der Waals surface area contributed by atoms with Gasteiger partial charge in [-0.3, -0.25) is 4.79 Å². The quantitative estimate of drug-likeness (QED) is 0.739. The maximum atomic E-state index is 13.1. The Kier molecular flexibility index (Phi) is 6.52. The third kappa shape index (κ3) is 4.62. The summed E-state index contributed by atoms with van der Waals surface area (Å²) < 4.78 is 27.6. The van der Waals surface area contributed by atoms with Crippen molar-refractivity contribution in [3.63, 3.8) is 0 Å². The van der Waals surface area contributed by atoms with Gasteiger partial charge in [-0.1, -0.05) is 55.7 Å². The second kappa shape index (κ2) is 8.88. The van der Waals surface area contributed by atoms with E-state index in [4.69, 9.17) is 0 Å². The Morgan fingerprint density at radius 1 is 0.964 bits per heavy atom. The maximum Gasteiger partial charge on any atom is 0.253 e. The molecule has 1 saturated carbocycles. The van der Waals surface area contributed by atoms with Crippen LogP contribution in [0.2, 0.25) is 0 Å². The van der Waals surface area contributed by atoms with E-state index in [1.807, 2.05) is 30.3 Å². The Labute approximate surface area is 168 Å². The third-order valence-electron chi connectivity index (χ3n) is 5.46. The molecule has 28 heavy (non-hydrogen) atoms. The van der Waals surface area contributed by atoms with Crippen molar-refractivity contribution in [3.8, 4) is 0 Å². The number of carbonyl (C=O) groups excluding carboxylic acids is 1. The van der Waals surface area contributed by atoms with Gasteiger partial charge in [-0.2, -0.15) is 4.31 Å². The molecule has 0 heterocycles. The minimum Gasteiger partial charge on any atom is -0.337 e. The monoisotopic (exact) mass is 400 g/mol. The van der Waals surface area contributed by atoms with E-state index in [2.05, 4.69) is 0 Å². The molecule has 5 nitrogen and oxygen atoms in total. The fraction of sp³-hybridized carbons (Fsp3) is 0.409. The van der Waals surface area contributed by atoms with Gasteiger partial charge in [0, 0.05) is 32.2 Å². The van der Waals surface area contributed by atoms with Crippen LogP contribution in [0.4, 0.5) is 0 Å². The molecule has 1 aliphatic carbocycles. The number of amides is 1. The standard InChI is InChI=1S/C22H28N2O3S/c1-23(17-18-10-5-3-6-11-18)22(25)19-12-9-15-21(16-19)28(26,27)24(2)20-13-7-4-8-14-20/h3,5-6,9-12,15-16,20H,4,7-8,13-14,17H2,1-2H3. The van der Waals surface area contributed by atoms with E-state index in [0.29, 0.717) is 12.1 Å². The zero-order valence-electron chi connectivity index (χ0n) is 16.5. The van der Waals surface area contributed by atoms with E-state index >= 15 is 0 Å². The predicted molar refractivity (Wildman–Crippen MR) is 111 cm³/mol. The van der Waals surface area contributed by atoms with Crippen LogP contribution in [0.3, 0.4) is 0 Å². The Bertz CT molecular complexity index is 906. The predicted octanol–water partition coefficient (Wildman–Crippen LogP) is 3.91. The number of hydrogen-bond donors (Lipinski definition) is 0. The molecule has 0 saturated heterocycles. The lowest BCUT2D eigenvalue weighted by Gasteiger charge is -2.30. The van der Waals surface area contributed by atoms with Gasteiger partial charge in [0.05, 0.1) is 4.90 Å². The van der Waals surface area contributed by atoms with Crippen molar-refractivity contribution in [2.24, 2.45) is 0 Å². The van der Waals surface area contributed by atoms with E-state index in [-0.39, 0.29) is 16.8 Å². The van der Waals surface area contributed by atoms with E-state index in [1.54, 1.807) is 37.2 Å². The van der Waals surface area contributed by atoms with Gasteiger partial charge in [-0.15, -0.1) is 0 Å². The van der Waals surface area contributed by atoms with Crippen LogP contribution < -0.4 is 0 Å². The van der Waals surface area contributed by atoms with E-state index in [0.717, 1.165) is 31.2 Å². The first-order valence-corrected chi connectivity index (χ1v) is 11.2. The van der Waals surface area contributed by atoms with Crippen molar-refractivity contribution in [2.75, 3.05) is 14.1 Å². The number of sulfonamides is 1. The molecule has 1 aliphatic rings. The van der Waals surface area contributed by atoms with Crippen molar-refractivity contribution < 1.29 is 13.2 Å². The van der Waals surface area contributed by atoms with Crippen molar-refractivity contribution in [1.29, 1.82) is 0 Å². The van der Waals surface area contributed by atoms with Gasteiger partial charge in [-0.05, 0) is 36.6 Å². The number of nitrogens with zero attached hydrogens (tertiary/aromatic N) is 2. The zero-order chi connectivity index (χ0) is 20.1. The van der Waals surface area contributed by atoms with Crippen LogP contribution in [0.1, 0.15) is 48.0 Å². The molecule has 2 aromatic carbocycles. The molecular weight excluding hydrogens is 372 g/mol. The summed E-state index contributed by atoms with van der Waals surface area (Å²) in [6.07, 6.45) is 5.09. The second-order valence-electron chi connectivity index (χ2n) is 7.49. The van der Waals surface area contributed by atoms with Crippen LogP contribution in [0, 0.1) is 0 Å². The molecule has 0 spiro atoms. The lowest BCUT2D eigenvalue weighted by atomic mass is 9.96. The average Bonchev–Trinajstić information content (AvgIpc) is 2.74. The molecule has 3 rings (SSSR count). The first kappa shape index (κ1) is 20.6. The van der Waals surface area contributed by atoms with Gasteiger partial charge in [0.25, 0.3) is 5.91 Å². The highest BCUT2D eigenvalue weighted by molar-refractivity contribution is 7.89. The largest absolute Gasteiger partial charge is 0.337 e. The summed E-state index contributed by atoms with van der Waals surface area (Å²) >= 11 is 0. The molecular formula is C22H28N2O3S. The van der Waals surface area contributed by atoms with Crippen molar-refractivity contribution in [2.45, 2.75) is 49.6 Å². The Hall–Kier alpha value is -2.18. The summed E-state index contributed by atoms with van der Waals surface area (Å²) in [5.41, 5.74) is 1.41. The molecule has 0 aliphatic heterocycles. The second-order valence-corrected chi connectivity index (χ2v) is 9.49. The molecule has 0 unspecified atom stereocenters. The van der Waals surface area contributed by atoms with Crippen LogP contribution in [0.25, 0.3) is 0 Å². The molecule has 2 aromatic rings. The first-order valence-electron chi connectivity index (χ1n) is 9.77. The van der Waals surface area contributed by atoms with Crippen molar-refractivity contribution >= 4 is 15.9 Å². The van der Waals surface area contributed by atoms with Gasteiger partial charge in [-0.25, -0.2) is 8.42 Å². The van der Waals surface area contributed by atoms with Gasteiger partial charge < -0.3 is 4.90 Å². The summed E-state index contributed by atoms with van der Waals surface area (Å²) in [5.74, 6) is -0.193. The highest BCUT2D eigenvalue weighted by atomic mass is 32.2. The van der Waals surface area contributed by atoms with Crippen LogP contribution in [0.15, 0.2) is 59.5 Å². The lowest BCUT2D eigenvalue weighted by molar-refractivity contribution is 0.0785. The summed E-state index contributed by atoms with van der Waals surface area (Å²) in [6.45, 7) is 0.471. The molecule has 0 atom stereocenters. The van der Waals surface area contributed by atoms with Crippen LogP contribution in [-0.2, 0) is 16.6 Å². The van der Waals surface area contributed by atoms with Gasteiger partial charge in [0.15, 0.2) is 0 Å². The van der Waals surface area contributed by atoms with Crippen molar-refractivity contribution in [1.82, 2.24) is 9.21 Å². The Morgan fingerprint density at radius 2 is 1.64 bits per heavy atom. The zero-order valence-corrected chi connectivity index (χ0v) is 17.4. The van der Waals surface area contributed by atoms with Gasteiger partial charge in [0.1, 0.15) is 0 Å². The summed E-state index contributed by atoms with van der Waals surface area (Å²) in [5, 5.41) is 0. The molecule has 150 valence electrons. The fourth-order valence-corrected chi connectivity index (χ4v) is 5.21. The first-order chi connectivity index (χ1) is 13.4. The van der Waals surface area contributed by atoms with Gasteiger partial charge >= 0.3 is 0 Å². The minimum absolute atomic E-state index is 0.0406. The highest BCUT2D eigenvalue weighted by Gasteiger charge is 2.29. The molecule has 1 fully saturated rings. The van der Waals surface area contributed by atoms with Crippen LogP contribution in [-0.4, -0.2) is 43.7 Å². The highest BCUT2D eigenvalue weighted by Crippen LogP contribution is 2.27. The fourth-order valence-electron chi connectivity index (χ4n) is 3.75. The molecule has 0 aromatic heterocycles. The SMILES string of the molecule is CN(Cc1ccccc1)C(=O)c1cccc(S(=O)(=O)N(C)C2CCCCC2)c1. The number of rotatable bonds is 6. The Morgan fingerprint density at radius 3 is 2.32 bits per heavy atom. The molecule has 0 radical (unpaired) electrons. The maximum absolute atomic E-state index is 13.1. The number of carbonyl (C=O) groups is 1. The summed E-state index contributed by atoms with van der Waals surface area (Å²) in [7, 11) is -0.236. The Balaban J connectivity index is 1.78. The van der Waals surface area contributed by atoms with Gasteiger partial charge in [0.2, 0.25) is 10.0 Å². The smallest absolute Gasteiger partial charge is 0.253 e. The number of hydrogen-bond acceptors (Lipinski definition) is 3.